The number of para-hydroxylation sites is 1. The molecule has 1 heterocycles. The van der Waals surface area contributed by atoms with Crippen LogP contribution in [0.25, 0.3) is 11.3 Å². The lowest BCUT2D eigenvalue weighted by atomic mass is 10.1. The average Bonchev–Trinajstić information content (AvgIpc) is 2.49. The number of hydrogen-bond acceptors (Lipinski definition) is 3. The van der Waals surface area contributed by atoms with E-state index in [0.717, 1.165) is 47.7 Å². The van der Waals surface area contributed by atoms with E-state index in [4.69, 9.17) is 16.3 Å². The molecule has 2 aromatic rings. The molecule has 0 saturated heterocycles. The molecule has 0 radical (unpaired) electrons. The van der Waals surface area contributed by atoms with Crippen molar-refractivity contribution in [3.63, 3.8) is 0 Å². The van der Waals surface area contributed by atoms with Gasteiger partial charge in [0.05, 0.1) is 12.3 Å². The van der Waals surface area contributed by atoms with E-state index >= 15 is 0 Å². The highest BCUT2D eigenvalue weighted by atomic mass is 35.5. The minimum Gasteiger partial charge on any atom is -0.493 e. The van der Waals surface area contributed by atoms with Crippen LogP contribution in [0.3, 0.4) is 0 Å². The molecule has 1 aromatic heterocycles. The number of ether oxygens (including phenoxy) is 1. The van der Waals surface area contributed by atoms with Gasteiger partial charge in [0, 0.05) is 17.5 Å². The van der Waals surface area contributed by atoms with Crippen LogP contribution in [0, 0.1) is 6.92 Å². The highest BCUT2D eigenvalue weighted by Crippen LogP contribution is 2.33. The molecular formula is C17H21ClN2O. The lowest BCUT2D eigenvalue weighted by Gasteiger charge is -2.13. The number of rotatable bonds is 6. The number of benzene rings is 1. The fraction of sp³-hybridized carbons (Fsp3) is 0.412. The molecule has 0 saturated carbocycles. The second-order valence-electron chi connectivity index (χ2n) is 5.00. The van der Waals surface area contributed by atoms with Gasteiger partial charge in [-0.1, -0.05) is 37.6 Å². The van der Waals surface area contributed by atoms with E-state index in [1.165, 1.54) is 0 Å². The number of hydrogen-bond donors (Lipinski definition) is 0. The van der Waals surface area contributed by atoms with E-state index in [0.29, 0.717) is 11.8 Å². The predicted molar refractivity (Wildman–Crippen MR) is 87.0 cm³/mol. The summed E-state index contributed by atoms with van der Waals surface area (Å²) in [5.41, 5.74) is 2.74. The zero-order valence-electron chi connectivity index (χ0n) is 12.8. The summed E-state index contributed by atoms with van der Waals surface area (Å²) < 4.78 is 5.83. The van der Waals surface area contributed by atoms with Crippen molar-refractivity contribution in [3.05, 3.63) is 40.8 Å². The van der Waals surface area contributed by atoms with E-state index in [1.807, 2.05) is 31.2 Å². The number of aryl methyl sites for hydroxylation is 1. The second-order valence-corrected chi connectivity index (χ2v) is 5.36. The van der Waals surface area contributed by atoms with Crippen molar-refractivity contribution in [1.82, 2.24) is 9.97 Å². The summed E-state index contributed by atoms with van der Waals surface area (Å²) in [6, 6.07) is 7.95. The standard InChI is InChI=1S/C17H21ClN2O/c1-4-8-15-19-16(12(3)17(18)20-15)13-9-6-7-10-14(13)21-11-5-2/h6-7,9-10H,4-5,8,11H2,1-3H3. The van der Waals surface area contributed by atoms with Crippen molar-refractivity contribution in [2.45, 2.75) is 40.0 Å². The van der Waals surface area contributed by atoms with Crippen molar-refractivity contribution < 1.29 is 4.74 Å². The van der Waals surface area contributed by atoms with Gasteiger partial charge in [-0.05, 0) is 31.9 Å². The molecule has 0 aliphatic rings. The number of aromatic nitrogens is 2. The summed E-state index contributed by atoms with van der Waals surface area (Å²) in [7, 11) is 0. The maximum Gasteiger partial charge on any atom is 0.136 e. The number of nitrogens with zero attached hydrogens (tertiary/aromatic N) is 2. The third-order valence-electron chi connectivity index (χ3n) is 3.21. The third kappa shape index (κ3) is 3.73. The van der Waals surface area contributed by atoms with Crippen molar-refractivity contribution in [2.75, 3.05) is 6.61 Å². The lowest BCUT2D eigenvalue weighted by Crippen LogP contribution is -2.03. The van der Waals surface area contributed by atoms with E-state index in [9.17, 15) is 0 Å². The highest BCUT2D eigenvalue weighted by Gasteiger charge is 2.14. The Balaban J connectivity index is 2.50. The van der Waals surface area contributed by atoms with Crippen LogP contribution in [0.1, 0.15) is 38.1 Å². The van der Waals surface area contributed by atoms with Crippen LogP contribution in [0.15, 0.2) is 24.3 Å². The maximum absolute atomic E-state index is 6.27. The van der Waals surface area contributed by atoms with Crippen LogP contribution in [-0.2, 0) is 6.42 Å². The Kier molecular flexibility index (Phi) is 5.57. The van der Waals surface area contributed by atoms with Crippen LogP contribution in [0.4, 0.5) is 0 Å². The Bertz CT molecular complexity index is 614. The molecule has 21 heavy (non-hydrogen) atoms. The summed E-state index contributed by atoms with van der Waals surface area (Å²) in [4.78, 5) is 9.04. The summed E-state index contributed by atoms with van der Waals surface area (Å²) in [6.45, 7) is 6.84. The molecule has 3 nitrogen and oxygen atoms in total. The van der Waals surface area contributed by atoms with Crippen LogP contribution in [0.2, 0.25) is 5.15 Å². The van der Waals surface area contributed by atoms with Crippen molar-refractivity contribution in [2.24, 2.45) is 0 Å². The SMILES string of the molecule is CCCOc1ccccc1-c1nc(CCC)nc(Cl)c1C. The van der Waals surface area contributed by atoms with Crippen LogP contribution in [0.5, 0.6) is 5.75 Å². The molecule has 0 bridgehead atoms. The highest BCUT2D eigenvalue weighted by molar-refractivity contribution is 6.30. The normalized spacial score (nSPS) is 10.7. The van der Waals surface area contributed by atoms with Crippen LogP contribution < -0.4 is 4.74 Å². The van der Waals surface area contributed by atoms with Gasteiger partial charge in [0.25, 0.3) is 0 Å². The second kappa shape index (κ2) is 7.41. The van der Waals surface area contributed by atoms with Gasteiger partial charge in [-0.2, -0.15) is 0 Å². The largest absolute Gasteiger partial charge is 0.493 e. The van der Waals surface area contributed by atoms with E-state index in [2.05, 4.69) is 23.8 Å². The Labute approximate surface area is 131 Å². The Morgan fingerprint density at radius 2 is 1.86 bits per heavy atom. The van der Waals surface area contributed by atoms with Crippen LogP contribution >= 0.6 is 11.6 Å². The van der Waals surface area contributed by atoms with Gasteiger partial charge in [-0.25, -0.2) is 9.97 Å². The Hall–Kier alpha value is -1.61. The topological polar surface area (TPSA) is 35.0 Å². The quantitative estimate of drug-likeness (QED) is 0.716. The zero-order valence-corrected chi connectivity index (χ0v) is 13.6. The Morgan fingerprint density at radius 3 is 2.57 bits per heavy atom. The monoisotopic (exact) mass is 304 g/mol. The molecule has 2 rings (SSSR count). The van der Waals surface area contributed by atoms with Crippen LogP contribution in [-0.4, -0.2) is 16.6 Å². The first-order chi connectivity index (χ1) is 10.2. The van der Waals surface area contributed by atoms with Gasteiger partial charge < -0.3 is 4.74 Å². The first kappa shape index (κ1) is 15.8. The molecule has 0 amide bonds. The first-order valence-corrected chi connectivity index (χ1v) is 7.80. The fourth-order valence-corrected chi connectivity index (χ4v) is 2.32. The number of halogens is 1. The summed E-state index contributed by atoms with van der Waals surface area (Å²) in [5, 5.41) is 0.522. The van der Waals surface area contributed by atoms with Gasteiger partial charge in [-0.3, -0.25) is 0 Å². The Morgan fingerprint density at radius 1 is 1.10 bits per heavy atom. The molecule has 112 valence electrons. The molecule has 0 unspecified atom stereocenters. The molecule has 0 atom stereocenters. The molecule has 0 aliphatic heterocycles. The molecule has 4 heteroatoms. The van der Waals surface area contributed by atoms with Crippen molar-refractivity contribution >= 4 is 11.6 Å². The summed E-state index contributed by atoms with van der Waals surface area (Å²) in [5.74, 6) is 1.63. The van der Waals surface area contributed by atoms with Gasteiger partial charge in [0.15, 0.2) is 0 Å². The van der Waals surface area contributed by atoms with E-state index < -0.39 is 0 Å². The van der Waals surface area contributed by atoms with Gasteiger partial charge in [0.1, 0.15) is 16.7 Å². The smallest absolute Gasteiger partial charge is 0.136 e. The lowest BCUT2D eigenvalue weighted by molar-refractivity contribution is 0.318. The van der Waals surface area contributed by atoms with Gasteiger partial charge >= 0.3 is 0 Å². The van der Waals surface area contributed by atoms with E-state index in [1.54, 1.807) is 0 Å². The molecule has 1 aromatic carbocycles. The fourth-order valence-electron chi connectivity index (χ4n) is 2.13. The maximum atomic E-state index is 6.27. The molecule has 0 spiro atoms. The molecule has 0 N–H and O–H groups in total. The minimum absolute atomic E-state index is 0.522. The predicted octanol–water partition coefficient (Wildman–Crippen LogP) is 4.85. The van der Waals surface area contributed by atoms with Crippen molar-refractivity contribution in [1.29, 1.82) is 0 Å². The van der Waals surface area contributed by atoms with E-state index in [-0.39, 0.29) is 0 Å². The van der Waals surface area contributed by atoms with Crippen molar-refractivity contribution in [3.8, 4) is 17.0 Å². The molecule has 0 fully saturated rings. The molecule has 0 aliphatic carbocycles. The first-order valence-electron chi connectivity index (χ1n) is 7.42. The average molecular weight is 305 g/mol. The minimum atomic E-state index is 0.522. The van der Waals surface area contributed by atoms with Gasteiger partial charge in [-0.15, -0.1) is 0 Å². The third-order valence-corrected chi connectivity index (χ3v) is 3.58. The summed E-state index contributed by atoms with van der Waals surface area (Å²) in [6.07, 6.45) is 2.79. The molecular weight excluding hydrogens is 284 g/mol. The van der Waals surface area contributed by atoms with Gasteiger partial charge in [0.2, 0.25) is 0 Å². The zero-order chi connectivity index (χ0) is 15.2. The summed E-state index contributed by atoms with van der Waals surface area (Å²) >= 11 is 6.27.